The summed E-state index contributed by atoms with van der Waals surface area (Å²) in [4.78, 5) is 21.3. The van der Waals surface area contributed by atoms with Crippen molar-refractivity contribution in [2.75, 3.05) is 33.2 Å². The first-order chi connectivity index (χ1) is 21.2. The molecule has 4 aromatic rings. The van der Waals surface area contributed by atoms with Gasteiger partial charge in [0, 0.05) is 66.7 Å². The van der Waals surface area contributed by atoms with Crippen LogP contribution in [0.3, 0.4) is 0 Å². The summed E-state index contributed by atoms with van der Waals surface area (Å²) in [7, 11) is 2.09. The van der Waals surface area contributed by atoms with Crippen LogP contribution in [0.25, 0.3) is 11.3 Å². The largest absolute Gasteiger partial charge is 0.445 e. The van der Waals surface area contributed by atoms with Gasteiger partial charge in [-0.15, -0.1) is 0 Å². The molecule has 8 heteroatoms. The first kappa shape index (κ1) is 30.0. The monoisotopic (exact) mass is 593 g/mol. The highest BCUT2D eigenvalue weighted by Gasteiger charge is 2.55. The van der Waals surface area contributed by atoms with E-state index in [1.165, 1.54) is 5.56 Å². The Morgan fingerprint density at radius 3 is 2.41 bits per heavy atom. The number of carbonyl (C=O) groups is 1. The molecule has 2 N–H and O–H groups in total. The molecule has 1 atom stereocenters. The van der Waals surface area contributed by atoms with Crippen LogP contribution in [0.4, 0.5) is 4.79 Å². The molecule has 0 aliphatic carbocycles. The zero-order valence-electron chi connectivity index (χ0n) is 26.2. The van der Waals surface area contributed by atoms with Gasteiger partial charge < -0.3 is 19.6 Å². The number of rotatable bonds is 8. The second-order valence-corrected chi connectivity index (χ2v) is 13.2. The molecule has 0 spiro atoms. The lowest BCUT2D eigenvalue weighted by atomic mass is 9.62. The Morgan fingerprint density at radius 2 is 1.75 bits per heavy atom. The Labute approximate surface area is 260 Å². The quantitative estimate of drug-likeness (QED) is 0.249. The van der Waals surface area contributed by atoms with E-state index in [1.807, 2.05) is 42.6 Å². The molecule has 44 heavy (non-hydrogen) atoms. The van der Waals surface area contributed by atoms with E-state index >= 15 is 0 Å². The summed E-state index contributed by atoms with van der Waals surface area (Å²) < 4.78 is 5.54. The Bertz CT molecular complexity index is 1570. The van der Waals surface area contributed by atoms with E-state index in [0.29, 0.717) is 19.0 Å². The van der Waals surface area contributed by atoms with Crippen molar-refractivity contribution in [3.63, 3.8) is 0 Å². The topological polar surface area (TPSA) is 94.6 Å². The molecular weight excluding hydrogens is 550 g/mol. The molecule has 2 aliphatic rings. The molecule has 8 nitrogen and oxygen atoms in total. The number of aromatic nitrogens is 3. The third kappa shape index (κ3) is 5.76. The van der Waals surface area contributed by atoms with Crippen LogP contribution in [0.2, 0.25) is 0 Å². The van der Waals surface area contributed by atoms with Crippen molar-refractivity contribution < 1.29 is 14.6 Å². The van der Waals surface area contributed by atoms with Crippen LogP contribution in [0, 0.1) is 5.41 Å². The molecule has 6 rings (SSSR count). The van der Waals surface area contributed by atoms with Crippen molar-refractivity contribution in [3.8, 4) is 11.3 Å². The number of likely N-dealkylation sites (tertiary alicyclic amines) is 2. The molecule has 0 radical (unpaired) electrons. The van der Waals surface area contributed by atoms with Crippen LogP contribution in [0.5, 0.6) is 0 Å². The molecule has 2 aromatic carbocycles. The molecule has 0 saturated carbocycles. The minimum atomic E-state index is -1.21. The van der Waals surface area contributed by atoms with E-state index in [2.05, 4.69) is 78.2 Å². The maximum Gasteiger partial charge on any atom is 0.410 e. The Morgan fingerprint density at radius 1 is 1.05 bits per heavy atom. The molecule has 2 aliphatic heterocycles. The van der Waals surface area contributed by atoms with Crippen LogP contribution in [-0.4, -0.2) is 69.4 Å². The third-order valence-electron chi connectivity index (χ3n) is 9.55. The van der Waals surface area contributed by atoms with E-state index in [-0.39, 0.29) is 24.0 Å². The Balaban J connectivity index is 1.17. The molecule has 2 aromatic heterocycles. The van der Waals surface area contributed by atoms with E-state index in [4.69, 9.17) is 4.74 Å². The smallest absolute Gasteiger partial charge is 0.410 e. The minimum Gasteiger partial charge on any atom is -0.445 e. The van der Waals surface area contributed by atoms with Crippen molar-refractivity contribution in [3.05, 3.63) is 107 Å². The number of benzene rings is 2. The highest BCUT2D eigenvalue weighted by atomic mass is 16.6. The van der Waals surface area contributed by atoms with Crippen LogP contribution in [-0.2, 0) is 16.9 Å². The summed E-state index contributed by atoms with van der Waals surface area (Å²) in [6, 6.07) is 22.3. The summed E-state index contributed by atoms with van der Waals surface area (Å²) >= 11 is 0. The van der Waals surface area contributed by atoms with Crippen molar-refractivity contribution in [2.45, 2.75) is 57.7 Å². The van der Waals surface area contributed by atoms with Gasteiger partial charge in [-0.3, -0.25) is 10.1 Å². The molecule has 2 fully saturated rings. The maximum atomic E-state index is 12.6. The molecule has 230 valence electrons. The SMILES string of the molecule is CC(C)c1ccc([C@](O)(c2cncc(-c3cc(C4CCN(C(=O)OCc5ccccc5)CC4)[nH]n3)c2)C2(C)CN(C)C2)cc1. The van der Waals surface area contributed by atoms with E-state index in [9.17, 15) is 9.90 Å². The van der Waals surface area contributed by atoms with Crippen molar-refractivity contribution in [1.82, 2.24) is 25.0 Å². The Kier molecular flexibility index (Phi) is 8.31. The van der Waals surface area contributed by atoms with Crippen LogP contribution >= 0.6 is 0 Å². The summed E-state index contributed by atoms with van der Waals surface area (Å²) in [6.07, 6.45) is 5.00. The fourth-order valence-electron chi connectivity index (χ4n) is 7.00. The van der Waals surface area contributed by atoms with Gasteiger partial charge in [0.05, 0.1) is 5.69 Å². The van der Waals surface area contributed by atoms with Gasteiger partial charge in [-0.05, 0) is 54.6 Å². The minimum absolute atomic E-state index is 0.266. The molecule has 4 heterocycles. The number of nitrogens with zero attached hydrogens (tertiary/aromatic N) is 4. The molecule has 0 unspecified atom stereocenters. The number of pyridine rings is 1. The van der Waals surface area contributed by atoms with Crippen molar-refractivity contribution >= 4 is 6.09 Å². The lowest BCUT2D eigenvalue weighted by molar-refractivity contribution is -0.127. The number of carbonyl (C=O) groups excluding carboxylic acids is 1. The predicted molar refractivity (Wildman–Crippen MR) is 171 cm³/mol. The number of H-pyrrole nitrogens is 1. The fourth-order valence-corrected chi connectivity index (χ4v) is 7.00. The summed E-state index contributed by atoms with van der Waals surface area (Å²) in [5, 5.41) is 20.5. The number of amides is 1. The van der Waals surface area contributed by atoms with E-state index in [1.54, 1.807) is 11.1 Å². The molecule has 0 bridgehead atoms. The van der Waals surface area contributed by atoms with E-state index < -0.39 is 5.60 Å². The van der Waals surface area contributed by atoms with Gasteiger partial charge in [-0.2, -0.15) is 5.10 Å². The van der Waals surface area contributed by atoms with Gasteiger partial charge in [-0.25, -0.2) is 4.79 Å². The van der Waals surface area contributed by atoms with Gasteiger partial charge in [0.25, 0.3) is 0 Å². The standard InChI is InChI=1S/C36H43N5O3/c1-25(2)27-10-12-30(13-11-27)36(43,35(3)23-40(4)24-35)31-18-29(20-37-21-31)33-19-32(38-39-33)28-14-16-41(17-15-28)34(42)44-22-26-8-6-5-7-9-26/h5-13,18-21,25,28,43H,14-17,22-24H2,1-4H3,(H,38,39)/t36-/m0/s1. The van der Waals surface area contributed by atoms with Crippen LogP contribution in [0.15, 0.2) is 79.1 Å². The van der Waals surface area contributed by atoms with Gasteiger partial charge in [-0.1, -0.05) is 75.4 Å². The van der Waals surface area contributed by atoms with Crippen LogP contribution < -0.4 is 0 Å². The summed E-state index contributed by atoms with van der Waals surface area (Å²) in [6.45, 7) is 9.64. The average Bonchev–Trinajstić information content (AvgIpc) is 3.54. The second kappa shape index (κ2) is 12.2. The molecule has 1 amide bonds. The summed E-state index contributed by atoms with van der Waals surface area (Å²) in [5.41, 5.74) is 5.02. The normalized spacial score (nSPS) is 18.5. The maximum absolute atomic E-state index is 12.6. The lowest BCUT2D eigenvalue weighted by Gasteiger charge is -2.55. The predicted octanol–water partition coefficient (Wildman–Crippen LogP) is 6.30. The lowest BCUT2D eigenvalue weighted by Crippen LogP contribution is -2.63. The summed E-state index contributed by atoms with van der Waals surface area (Å²) in [5.74, 6) is 0.688. The number of hydrogen-bond donors (Lipinski definition) is 2. The van der Waals surface area contributed by atoms with Gasteiger partial charge in [0.2, 0.25) is 0 Å². The van der Waals surface area contributed by atoms with Crippen LogP contribution in [0.1, 0.15) is 73.4 Å². The number of ether oxygens (including phenoxy) is 1. The van der Waals surface area contributed by atoms with Gasteiger partial charge in [0.15, 0.2) is 0 Å². The number of nitrogens with one attached hydrogen (secondary N) is 1. The first-order valence-electron chi connectivity index (χ1n) is 15.6. The number of aliphatic hydroxyl groups is 1. The van der Waals surface area contributed by atoms with Crippen molar-refractivity contribution in [1.29, 1.82) is 0 Å². The third-order valence-corrected chi connectivity index (χ3v) is 9.55. The average molecular weight is 594 g/mol. The van der Waals surface area contributed by atoms with Gasteiger partial charge >= 0.3 is 6.09 Å². The highest BCUT2D eigenvalue weighted by molar-refractivity contribution is 5.68. The zero-order chi connectivity index (χ0) is 30.9. The first-order valence-corrected chi connectivity index (χ1v) is 15.6. The fraction of sp³-hybridized carbons (Fsp3) is 0.417. The second-order valence-electron chi connectivity index (χ2n) is 13.2. The van der Waals surface area contributed by atoms with E-state index in [0.717, 1.165) is 59.6 Å². The molecule has 2 saturated heterocycles. The number of piperidine rings is 1. The molecular formula is C36H43N5O3. The van der Waals surface area contributed by atoms with Crippen molar-refractivity contribution in [2.24, 2.45) is 5.41 Å². The zero-order valence-corrected chi connectivity index (χ0v) is 26.2. The highest BCUT2D eigenvalue weighted by Crippen LogP contribution is 2.50. The van der Waals surface area contributed by atoms with Gasteiger partial charge in [0.1, 0.15) is 12.2 Å². The number of aromatic amines is 1. The Hall–Kier alpha value is -4.01. The number of hydrogen-bond acceptors (Lipinski definition) is 6.